The van der Waals surface area contributed by atoms with Crippen LogP contribution < -0.4 is 16.0 Å². The molecule has 40 heavy (non-hydrogen) atoms. The van der Waals surface area contributed by atoms with Gasteiger partial charge in [-0.15, -0.1) is 10.2 Å². The molecule has 0 radical (unpaired) electrons. The van der Waals surface area contributed by atoms with Crippen LogP contribution in [0.15, 0.2) is 69.6 Å². The van der Waals surface area contributed by atoms with Gasteiger partial charge in [-0.3, -0.25) is 14.5 Å². The second-order valence-electron chi connectivity index (χ2n) is 10.1. The van der Waals surface area contributed by atoms with Crippen LogP contribution in [0.4, 0.5) is 15.2 Å². The number of amides is 1. The second kappa shape index (κ2) is 11.0. The second-order valence-corrected chi connectivity index (χ2v) is 12.6. The van der Waals surface area contributed by atoms with Gasteiger partial charge < -0.3 is 11.1 Å². The van der Waals surface area contributed by atoms with E-state index in [1.54, 1.807) is 29.2 Å². The van der Waals surface area contributed by atoms with E-state index < -0.39 is 11.7 Å². The summed E-state index contributed by atoms with van der Waals surface area (Å²) in [6.45, 7) is 3.99. The third-order valence-corrected chi connectivity index (χ3v) is 8.87. The average Bonchev–Trinajstić information content (AvgIpc) is 3.36. The van der Waals surface area contributed by atoms with Gasteiger partial charge in [0, 0.05) is 23.9 Å². The van der Waals surface area contributed by atoms with Crippen molar-refractivity contribution in [1.82, 2.24) is 15.2 Å². The molecule has 0 bridgehead atoms. The Kier molecular flexibility index (Phi) is 7.63. The largest absolute Gasteiger partial charge is 0.384 e. The predicted molar refractivity (Wildman–Crippen MR) is 152 cm³/mol. The molecule has 2 aromatic heterocycles. The topological polar surface area (TPSA) is 138 Å². The Morgan fingerprint density at radius 2 is 2.05 bits per heavy atom. The number of anilines is 2. The summed E-state index contributed by atoms with van der Waals surface area (Å²) in [7, 11) is 0. The lowest BCUT2D eigenvalue weighted by molar-refractivity contribution is -0.118. The first kappa shape index (κ1) is 27.8. The molecule has 1 aromatic carbocycles. The third-order valence-electron chi connectivity index (χ3n) is 6.53. The van der Waals surface area contributed by atoms with E-state index in [4.69, 9.17) is 17.3 Å². The molecule has 13 heteroatoms. The summed E-state index contributed by atoms with van der Waals surface area (Å²) in [5.41, 5.74) is 8.53. The van der Waals surface area contributed by atoms with Gasteiger partial charge in [0.2, 0.25) is 11.0 Å². The van der Waals surface area contributed by atoms with E-state index in [1.807, 2.05) is 13.8 Å². The first-order valence-corrected chi connectivity index (χ1v) is 14.3. The fraction of sp³-hybridized carbons (Fsp3) is 0.259. The number of nitrogens with zero attached hydrogens (tertiary/aromatic N) is 5. The average molecular weight is 596 g/mol. The predicted octanol–water partition coefficient (Wildman–Crippen LogP) is 5.40. The van der Waals surface area contributed by atoms with Gasteiger partial charge in [0.15, 0.2) is 15.3 Å². The SMILES string of the molecule is CC1(C)CC(=O)C2=C(C1)N(c1nnc(SCC(=O)Nc3cccnc3Cl)s1)C(N)=C(C#N)C2c1ccc(F)cc1. The van der Waals surface area contributed by atoms with Crippen molar-refractivity contribution in [1.29, 1.82) is 5.26 Å². The van der Waals surface area contributed by atoms with Crippen LogP contribution in [-0.2, 0) is 9.59 Å². The summed E-state index contributed by atoms with van der Waals surface area (Å²) >= 11 is 8.38. The minimum atomic E-state index is -0.717. The molecule has 2 aliphatic rings. The highest BCUT2D eigenvalue weighted by Gasteiger charge is 2.45. The zero-order valence-electron chi connectivity index (χ0n) is 21.4. The normalized spacial score (nSPS) is 18.4. The number of hydrogen-bond acceptors (Lipinski definition) is 10. The molecule has 1 aliphatic heterocycles. The minimum Gasteiger partial charge on any atom is -0.384 e. The van der Waals surface area contributed by atoms with Crippen molar-refractivity contribution in [2.75, 3.05) is 16.0 Å². The number of allylic oxidation sites excluding steroid dienone is 3. The summed E-state index contributed by atoms with van der Waals surface area (Å²) in [5.74, 6) is -1.36. The fourth-order valence-corrected chi connectivity index (χ4v) is 6.71. The van der Waals surface area contributed by atoms with Gasteiger partial charge in [-0.2, -0.15) is 5.26 Å². The molecule has 0 saturated heterocycles. The summed E-state index contributed by atoms with van der Waals surface area (Å²) in [5, 5.41) is 21.9. The number of halogens is 2. The fourth-order valence-electron chi connectivity index (χ4n) is 4.86. The van der Waals surface area contributed by atoms with Crippen molar-refractivity contribution in [2.24, 2.45) is 11.1 Å². The molecule has 0 fully saturated rings. The zero-order chi connectivity index (χ0) is 28.6. The maximum atomic E-state index is 13.7. The number of carbonyl (C=O) groups excluding carboxylic acids is 2. The number of pyridine rings is 1. The van der Waals surface area contributed by atoms with E-state index in [0.29, 0.717) is 44.8 Å². The van der Waals surface area contributed by atoms with Crippen molar-refractivity contribution in [2.45, 2.75) is 36.9 Å². The van der Waals surface area contributed by atoms with E-state index in [0.717, 1.165) is 0 Å². The van der Waals surface area contributed by atoms with E-state index in [1.165, 1.54) is 41.4 Å². The number of ketones is 1. The van der Waals surface area contributed by atoms with Crippen molar-refractivity contribution >= 4 is 57.2 Å². The number of aromatic nitrogens is 3. The van der Waals surface area contributed by atoms with E-state index >= 15 is 0 Å². The minimum absolute atomic E-state index is 0.0424. The molecule has 3 heterocycles. The van der Waals surface area contributed by atoms with Gasteiger partial charge in [0.1, 0.15) is 11.6 Å². The van der Waals surface area contributed by atoms with Crippen molar-refractivity contribution < 1.29 is 14.0 Å². The molecule has 204 valence electrons. The Hall–Kier alpha value is -3.79. The molecule has 5 rings (SSSR count). The summed E-state index contributed by atoms with van der Waals surface area (Å²) in [4.78, 5) is 31.6. The molecule has 1 unspecified atom stereocenters. The molecule has 3 N–H and O–H groups in total. The Labute approximate surface area is 242 Å². The number of nitriles is 1. The first-order chi connectivity index (χ1) is 19.1. The number of carbonyl (C=O) groups is 2. The Morgan fingerprint density at radius 3 is 2.75 bits per heavy atom. The van der Waals surface area contributed by atoms with Crippen LogP contribution in [0, 0.1) is 22.6 Å². The van der Waals surface area contributed by atoms with E-state index in [9.17, 15) is 19.2 Å². The number of nitrogens with two attached hydrogens (primary N) is 1. The molecule has 3 aromatic rings. The van der Waals surface area contributed by atoms with Gasteiger partial charge in [-0.25, -0.2) is 9.37 Å². The lowest BCUT2D eigenvalue weighted by atomic mass is 9.69. The van der Waals surface area contributed by atoms with Gasteiger partial charge in [0.05, 0.1) is 29.0 Å². The molecule has 9 nitrogen and oxygen atoms in total. The number of hydrogen-bond donors (Lipinski definition) is 2. The Balaban J connectivity index is 1.47. The quantitative estimate of drug-likeness (QED) is 0.283. The number of rotatable bonds is 6. The van der Waals surface area contributed by atoms with E-state index in [2.05, 4.69) is 26.6 Å². The van der Waals surface area contributed by atoms with Gasteiger partial charge in [-0.05, 0) is 41.7 Å². The zero-order valence-corrected chi connectivity index (χ0v) is 23.8. The maximum absolute atomic E-state index is 13.7. The highest BCUT2D eigenvalue weighted by Crippen LogP contribution is 2.50. The number of benzene rings is 1. The third kappa shape index (κ3) is 5.45. The molecule has 1 aliphatic carbocycles. The molecule has 0 spiro atoms. The molecule has 1 atom stereocenters. The van der Waals surface area contributed by atoms with Crippen LogP contribution in [-0.4, -0.2) is 32.6 Å². The van der Waals surface area contributed by atoms with Crippen molar-refractivity contribution in [3.8, 4) is 6.07 Å². The summed E-state index contributed by atoms with van der Waals surface area (Å²) in [6.07, 6.45) is 2.32. The number of thioether (sulfide) groups is 1. The molecule has 0 saturated carbocycles. The maximum Gasteiger partial charge on any atom is 0.234 e. The lowest BCUT2D eigenvalue weighted by Crippen LogP contribution is -2.42. The lowest BCUT2D eigenvalue weighted by Gasteiger charge is -2.42. The summed E-state index contributed by atoms with van der Waals surface area (Å²) < 4.78 is 14.2. The molecular weight excluding hydrogens is 573 g/mol. The number of Topliss-reactive ketones (excluding diaryl/α,β-unsaturated/α-hetero) is 1. The standard InChI is InChI=1S/C27H23ClFN7O2S2/c1-27(2)10-18-22(19(37)11-27)21(14-5-7-15(29)8-6-14)16(12-30)24(31)36(18)25-34-35-26(40-25)39-13-20(38)33-17-4-3-9-32-23(17)28/h3-9,21H,10-11,13,31H2,1-2H3,(H,33,38). The van der Waals surface area contributed by atoms with Crippen molar-refractivity contribution in [3.05, 3.63) is 81.8 Å². The van der Waals surface area contributed by atoms with Crippen LogP contribution in [0.2, 0.25) is 5.15 Å². The van der Waals surface area contributed by atoms with E-state index in [-0.39, 0.29) is 39.4 Å². The monoisotopic (exact) mass is 595 g/mol. The molecule has 1 amide bonds. The van der Waals surface area contributed by atoms with Gasteiger partial charge in [-0.1, -0.05) is 60.7 Å². The first-order valence-electron chi connectivity index (χ1n) is 12.2. The Bertz CT molecular complexity index is 1610. The van der Waals surface area contributed by atoms with Crippen molar-refractivity contribution in [3.63, 3.8) is 0 Å². The smallest absolute Gasteiger partial charge is 0.234 e. The molecular formula is C27H23ClFN7O2S2. The van der Waals surface area contributed by atoms with Crippen LogP contribution in [0.3, 0.4) is 0 Å². The Morgan fingerprint density at radius 1 is 1.30 bits per heavy atom. The van der Waals surface area contributed by atoms with Crippen LogP contribution in [0.25, 0.3) is 0 Å². The highest BCUT2D eigenvalue weighted by molar-refractivity contribution is 8.01. The van der Waals surface area contributed by atoms with Gasteiger partial charge >= 0.3 is 0 Å². The van der Waals surface area contributed by atoms with Crippen LogP contribution in [0.5, 0.6) is 0 Å². The number of nitrogens with one attached hydrogen (secondary N) is 1. The van der Waals surface area contributed by atoms with Gasteiger partial charge in [0.25, 0.3) is 0 Å². The highest BCUT2D eigenvalue weighted by atomic mass is 35.5. The van der Waals surface area contributed by atoms with Crippen LogP contribution >= 0.6 is 34.7 Å². The summed E-state index contributed by atoms with van der Waals surface area (Å²) in [6, 6.07) is 11.2. The van der Waals surface area contributed by atoms with Crippen LogP contribution in [0.1, 0.15) is 38.2 Å².